The highest BCUT2D eigenvalue weighted by Gasteiger charge is 2.50. The quantitative estimate of drug-likeness (QED) is 0.626. The molecule has 2 saturated carbocycles. The first kappa shape index (κ1) is 8.52. The van der Waals surface area contributed by atoms with Gasteiger partial charge in [0.05, 0.1) is 0 Å². The van der Waals surface area contributed by atoms with Crippen LogP contribution in [0.2, 0.25) is 0 Å². The lowest BCUT2D eigenvalue weighted by Crippen LogP contribution is -2.27. The Morgan fingerprint density at radius 2 is 2.00 bits per heavy atom. The van der Waals surface area contributed by atoms with Crippen molar-refractivity contribution in [3.05, 3.63) is 35.9 Å². The van der Waals surface area contributed by atoms with Crippen molar-refractivity contribution >= 4 is 0 Å². The van der Waals surface area contributed by atoms with Gasteiger partial charge in [0.25, 0.3) is 0 Å². The molecule has 0 N–H and O–H groups in total. The van der Waals surface area contributed by atoms with E-state index in [1.165, 1.54) is 25.7 Å². The maximum atomic E-state index is 2.45. The highest BCUT2D eigenvalue weighted by molar-refractivity contribution is 5.30. The summed E-state index contributed by atoms with van der Waals surface area (Å²) in [6.07, 6.45) is 5.83. The largest absolute Gasteiger partial charge is 0.0622 e. The summed E-state index contributed by atoms with van der Waals surface area (Å²) >= 11 is 0. The van der Waals surface area contributed by atoms with Crippen molar-refractivity contribution in [1.82, 2.24) is 0 Å². The number of fused-ring (bicyclic) bond motifs is 2. The molecule has 0 heteroatoms. The average molecular weight is 186 g/mol. The maximum Gasteiger partial charge on any atom is -0.00185 e. The molecule has 1 aromatic rings. The molecule has 3 atom stereocenters. The van der Waals surface area contributed by atoms with Gasteiger partial charge in [-0.1, -0.05) is 37.3 Å². The van der Waals surface area contributed by atoms with Crippen LogP contribution in [0.5, 0.6) is 0 Å². The molecule has 14 heavy (non-hydrogen) atoms. The summed E-state index contributed by atoms with van der Waals surface area (Å²) in [5.41, 5.74) is 2.17. The zero-order chi connectivity index (χ0) is 9.60. The molecule has 2 aliphatic carbocycles. The van der Waals surface area contributed by atoms with Gasteiger partial charge in [-0.25, -0.2) is 0 Å². The Balaban J connectivity index is 2.04. The van der Waals surface area contributed by atoms with Gasteiger partial charge >= 0.3 is 0 Å². The molecule has 0 aromatic heterocycles. The molecule has 2 bridgehead atoms. The molecule has 2 aliphatic rings. The van der Waals surface area contributed by atoms with Crippen molar-refractivity contribution < 1.29 is 0 Å². The van der Waals surface area contributed by atoms with Gasteiger partial charge in [0.2, 0.25) is 0 Å². The molecule has 1 aromatic carbocycles. The summed E-state index contributed by atoms with van der Waals surface area (Å²) in [6, 6.07) is 11.2. The smallest absolute Gasteiger partial charge is 0.00185 e. The Morgan fingerprint density at radius 3 is 2.57 bits per heavy atom. The third-order valence-electron chi connectivity index (χ3n) is 4.63. The standard InChI is InChI=1S/C14H18/c1-11-9-12-7-8-14(11,10-12)13-5-3-2-4-6-13/h2-6,11-12H,7-10H2,1H3. The van der Waals surface area contributed by atoms with Gasteiger partial charge in [0.15, 0.2) is 0 Å². The molecule has 0 aliphatic heterocycles. The van der Waals surface area contributed by atoms with Crippen molar-refractivity contribution in [3.63, 3.8) is 0 Å². The monoisotopic (exact) mass is 186 g/mol. The van der Waals surface area contributed by atoms with Crippen LogP contribution in [0.25, 0.3) is 0 Å². The van der Waals surface area contributed by atoms with Crippen LogP contribution in [0.1, 0.15) is 38.2 Å². The van der Waals surface area contributed by atoms with Crippen LogP contribution in [0.4, 0.5) is 0 Å². The van der Waals surface area contributed by atoms with Gasteiger partial charge in [0, 0.05) is 0 Å². The van der Waals surface area contributed by atoms with Crippen LogP contribution in [-0.2, 0) is 5.41 Å². The zero-order valence-corrected chi connectivity index (χ0v) is 8.87. The summed E-state index contributed by atoms with van der Waals surface area (Å²) in [5.74, 6) is 1.94. The fourth-order valence-corrected chi connectivity index (χ4v) is 3.87. The normalized spacial score (nSPS) is 40.4. The zero-order valence-electron chi connectivity index (χ0n) is 8.87. The summed E-state index contributed by atoms with van der Waals surface area (Å²) in [5, 5.41) is 0. The third-order valence-corrected chi connectivity index (χ3v) is 4.63. The molecular formula is C14H18. The maximum absolute atomic E-state index is 2.45. The molecule has 3 unspecified atom stereocenters. The Labute approximate surface area is 86.3 Å². The summed E-state index contributed by atoms with van der Waals surface area (Å²) in [4.78, 5) is 0. The van der Waals surface area contributed by atoms with E-state index in [2.05, 4.69) is 37.3 Å². The van der Waals surface area contributed by atoms with E-state index in [4.69, 9.17) is 0 Å². The SMILES string of the molecule is CC1CC2CCC1(c1ccccc1)C2. The Morgan fingerprint density at radius 1 is 1.21 bits per heavy atom. The Bertz CT molecular complexity index is 327. The number of hydrogen-bond acceptors (Lipinski definition) is 0. The fraction of sp³-hybridized carbons (Fsp3) is 0.571. The van der Waals surface area contributed by atoms with Gasteiger partial charge in [-0.2, -0.15) is 0 Å². The van der Waals surface area contributed by atoms with Crippen molar-refractivity contribution in [2.75, 3.05) is 0 Å². The summed E-state index contributed by atoms with van der Waals surface area (Å²) < 4.78 is 0. The highest BCUT2D eigenvalue weighted by Crippen LogP contribution is 2.58. The Hall–Kier alpha value is -0.780. The van der Waals surface area contributed by atoms with E-state index in [1.54, 1.807) is 5.56 Å². The molecular weight excluding hydrogens is 168 g/mol. The molecule has 3 rings (SSSR count). The van der Waals surface area contributed by atoms with Gasteiger partial charge in [0.1, 0.15) is 0 Å². The van der Waals surface area contributed by atoms with E-state index in [0.717, 1.165) is 11.8 Å². The molecule has 0 amide bonds. The minimum absolute atomic E-state index is 0.561. The van der Waals surface area contributed by atoms with Crippen molar-refractivity contribution in [2.45, 2.75) is 38.0 Å². The van der Waals surface area contributed by atoms with Gasteiger partial charge in [-0.05, 0) is 48.5 Å². The van der Waals surface area contributed by atoms with Crippen LogP contribution in [-0.4, -0.2) is 0 Å². The lowest BCUT2D eigenvalue weighted by Gasteiger charge is -2.33. The molecule has 74 valence electrons. The molecule has 0 spiro atoms. The lowest BCUT2D eigenvalue weighted by atomic mass is 9.71. The topological polar surface area (TPSA) is 0 Å². The van der Waals surface area contributed by atoms with Gasteiger partial charge in [-0.15, -0.1) is 0 Å². The molecule has 2 fully saturated rings. The summed E-state index contributed by atoms with van der Waals surface area (Å²) in [7, 11) is 0. The van der Waals surface area contributed by atoms with Crippen LogP contribution < -0.4 is 0 Å². The minimum atomic E-state index is 0.561. The van der Waals surface area contributed by atoms with E-state index in [1.807, 2.05) is 0 Å². The van der Waals surface area contributed by atoms with Crippen LogP contribution in [0, 0.1) is 11.8 Å². The van der Waals surface area contributed by atoms with Gasteiger partial charge in [-0.3, -0.25) is 0 Å². The molecule has 0 radical (unpaired) electrons. The average Bonchev–Trinajstić information content (AvgIpc) is 2.77. The Kier molecular flexibility index (Phi) is 1.74. The highest BCUT2D eigenvalue weighted by atomic mass is 14.5. The van der Waals surface area contributed by atoms with E-state index in [-0.39, 0.29) is 0 Å². The minimum Gasteiger partial charge on any atom is -0.0622 e. The fourth-order valence-electron chi connectivity index (χ4n) is 3.87. The van der Waals surface area contributed by atoms with Crippen LogP contribution in [0.3, 0.4) is 0 Å². The van der Waals surface area contributed by atoms with E-state index in [0.29, 0.717) is 5.41 Å². The van der Waals surface area contributed by atoms with Crippen LogP contribution >= 0.6 is 0 Å². The van der Waals surface area contributed by atoms with Gasteiger partial charge < -0.3 is 0 Å². The predicted molar refractivity (Wildman–Crippen MR) is 59.2 cm³/mol. The van der Waals surface area contributed by atoms with E-state index in [9.17, 15) is 0 Å². The van der Waals surface area contributed by atoms with Crippen LogP contribution in [0.15, 0.2) is 30.3 Å². The second-order valence-corrected chi connectivity index (χ2v) is 5.27. The second kappa shape index (κ2) is 2.85. The first-order valence-electron chi connectivity index (χ1n) is 5.87. The first-order valence-corrected chi connectivity index (χ1v) is 5.87. The van der Waals surface area contributed by atoms with Crippen molar-refractivity contribution in [3.8, 4) is 0 Å². The number of rotatable bonds is 1. The predicted octanol–water partition coefficient (Wildman–Crippen LogP) is 3.76. The van der Waals surface area contributed by atoms with E-state index >= 15 is 0 Å². The van der Waals surface area contributed by atoms with Crippen molar-refractivity contribution in [2.24, 2.45) is 11.8 Å². The third kappa shape index (κ3) is 1.00. The summed E-state index contributed by atoms with van der Waals surface area (Å²) in [6.45, 7) is 2.45. The van der Waals surface area contributed by atoms with E-state index < -0.39 is 0 Å². The second-order valence-electron chi connectivity index (χ2n) is 5.27. The lowest BCUT2D eigenvalue weighted by molar-refractivity contribution is 0.302. The number of benzene rings is 1. The number of hydrogen-bond donors (Lipinski definition) is 0. The molecule has 0 saturated heterocycles. The first-order chi connectivity index (χ1) is 6.81. The van der Waals surface area contributed by atoms with Crippen molar-refractivity contribution in [1.29, 1.82) is 0 Å². The molecule has 0 nitrogen and oxygen atoms in total. The molecule has 0 heterocycles.